The third-order valence-electron chi connectivity index (χ3n) is 2.46. The van der Waals surface area contributed by atoms with Gasteiger partial charge in [0.05, 0.1) is 11.8 Å². The van der Waals surface area contributed by atoms with Crippen molar-refractivity contribution in [1.29, 1.82) is 0 Å². The first kappa shape index (κ1) is 13.8. The summed E-state index contributed by atoms with van der Waals surface area (Å²) in [7, 11) is 0. The van der Waals surface area contributed by atoms with Crippen LogP contribution in [0.3, 0.4) is 0 Å². The van der Waals surface area contributed by atoms with E-state index in [9.17, 15) is 10.2 Å². The van der Waals surface area contributed by atoms with Gasteiger partial charge in [-0.2, -0.15) is 0 Å². The predicted molar refractivity (Wildman–Crippen MR) is 68.3 cm³/mol. The number of anilines is 1. The third-order valence-corrected chi connectivity index (χ3v) is 2.46. The molecule has 0 aliphatic carbocycles. The average molecular weight is 239 g/mol. The van der Waals surface area contributed by atoms with Gasteiger partial charge in [0.1, 0.15) is 5.75 Å². The van der Waals surface area contributed by atoms with Crippen molar-refractivity contribution < 1.29 is 14.9 Å². The first-order valence-electron chi connectivity index (χ1n) is 6.01. The number of hydrogen-bond donors (Lipinski definition) is 3. The van der Waals surface area contributed by atoms with Crippen molar-refractivity contribution in [1.82, 2.24) is 0 Å². The Morgan fingerprint density at radius 1 is 1.35 bits per heavy atom. The van der Waals surface area contributed by atoms with Gasteiger partial charge in [-0.25, -0.2) is 0 Å². The van der Waals surface area contributed by atoms with Gasteiger partial charge in [0, 0.05) is 19.8 Å². The molecular weight excluding hydrogens is 218 g/mol. The van der Waals surface area contributed by atoms with E-state index in [4.69, 9.17) is 4.74 Å². The van der Waals surface area contributed by atoms with Gasteiger partial charge in [0.2, 0.25) is 0 Å². The van der Waals surface area contributed by atoms with E-state index in [0.717, 1.165) is 6.42 Å². The molecule has 0 heterocycles. The van der Waals surface area contributed by atoms with Crippen molar-refractivity contribution in [2.45, 2.75) is 25.9 Å². The molecule has 0 fully saturated rings. The van der Waals surface area contributed by atoms with E-state index < -0.39 is 6.10 Å². The molecule has 1 aromatic rings. The second kappa shape index (κ2) is 7.92. The molecule has 1 atom stereocenters. The SMILES string of the molecule is CCOCCCC(O)CNc1ccccc1O. The topological polar surface area (TPSA) is 61.7 Å². The number of phenols is 1. The highest BCUT2D eigenvalue weighted by atomic mass is 16.5. The highest BCUT2D eigenvalue weighted by molar-refractivity contribution is 5.55. The highest BCUT2D eigenvalue weighted by Crippen LogP contribution is 2.21. The predicted octanol–water partition coefficient (Wildman–Crippen LogP) is 1.98. The van der Waals surface area contributed by atoms with Gasteiger partial charge in [-0.15, -0.1) is 0 Å². The van der Waals surface area contributed by atoms with E-state index in [1.165, 1.54) is 0 Å². The molecule has 0 bridgehead atoms. The summed E-state index contributed by atoms with van der Waals surface area (Å²) < 4.78 is 5.19. The largest absolute Gasteiger partial charge is 0.506 e. The molecule has 0 aliphatic heterocycles. The maximum absolute atomic E-state index is 9.70. The average Bonchev–Trinajstić information content (AvgIpc) is 2.34. The number of aliphatic hydroxyl groups excluding tert-OH is 1. The minimum Gasteiger partial charge on any atom is -0.506 e. The fourth-order valence-corrected chi connectivity index (χ4v) is 1.52. The van der Waals surface area contributed by atoms with Crippen molar-refractivity contribution in [3.8, 4) is 5.75 Å². The number of phenolic OH excluding ortho intramolecular Hbond substituents is 1. The Hall–Kier alpha value is -1.26. The zero-order valence-corrected chi connectivity index (χ0v) is 10.2. The number of para-hydroxylation sites is 2. The first-order chi connectivity index (χ1) is 8.24. The highest BCUT2D eigenvalue weighted by Gasteiger charge is 2.05. The van der Waals surface area contributed by atoms with E-state index in [0.29, 0.717) is 31.9 Å². The van der Waals surface area contributed by atoms with Crippen LogP contribution in [0.1, 0.15) is 19.8 Å². The lowest BCUT2D eigenvalue weighted by atomic mass is 10.2. The normalized spacial score (nSPS) is 12.4. The molecule has 3 N–H and O–H groups in total. The van der Waals surface area contributed by atoms with Crippen molar-refractivity contribution in [3.63, 3.8) is 0 Å². The van der Waals surface area contributed by atoms with E-state index in [1.807, 2.05) is 13.0 Å². The van der Waals surface area contributed by atoms with Gasteiger partial charge in [0.25, 0.3) is 0 Å². The lowest BCUT2D eigenvalue weighted by Gasteiger charge is -2.13. The molecule has 1 unspecified atom stereocenters. The summed E-state index contributed by atoms with van der Waals surface area (Å²) in [5.74, 6) is 0.203. The van der Waals surface area contributed by atoms with Gasteiger partial charge in [-0.05, 0) is 31.9 Å². The van der Waals surface area contributed by atoms with Crippen LogP contribution < -0.4 is 5.32 Å². The number of aliphatic hydroxyl groups is 1. The van der Waals surface area contributed by atoms with Crippen molar-refractivity contribution >= 4 is 5.69 Å². The van der Waals surface area contributed by atoms with Crippen molar-refractivity contribution in [2.75, 3.05) is 25.1 Å². The Balaban J connectivity index is 2.19. The Morgan fingerprint density at radius 3 is 2.82 bits per heavy atom. The molecule has 4 nitrogen and oxygen atoms in total. The molecule has 0 amide bonds. The Bertz CT molecular complexity index is 317. The summed E-state index contributed by atoms with van der Waals surface area (Å²) >= 11 is 0. The van der Waals surface area contributed by atoms with Crippen molar-refractivity contribution in [3.05, 3.63) is 24.3 Å². The second-order valence-corrected chi connectivity index (χ2v) is 3.89. The van der Waals surface area contributed by atoms with Crippen LogP contribution in [0.4, 0.5) is 5.69 Å². The van der Waals surface area contributed by atoms with Crippen LogP contribution >= 0.6 is 0 Å². The number of benzene rings is 1. The maximum atomic E-state index is 9.70. The van der Waals surface area contributed by atoms with E-state index in [-0.39, 0.29) is 5.75 Å². The van der Waals surface area contributed by atoms with E-state index >= 15 is 0 Å². The quantitative estimate of drug-likeness (QED) is 0.479. The summed E-state index contributed by atoms with van der Waals surface area (Å²) in [6, 6.07) is 6.99. The van der Waals surface area contributed by atoms with Crippen LogP contribution in [-0.4, -0.2) is 36.1 Å². The standard InChI is InChI=1S/C13H21NO3/c1-2-17-9-5-6-11(15)10-14-12-7-3-4-8-13(12)16/h3-4,7-8,11,14-16H,2,5-6,9-10H2,1H3. The van der Waals surface area contributed by atoms with Crippen LogP contribution in [0.2, 0.25) is 0 Å². The minimum absolute atomic E-state index is 0.203. The van der Waals surface area contributed by atoms with Crippen LogP contribution in [0.25, 0.3) is 0 Å². The van der Waals surface area contributed by atoms with Crippen LogP contribution in [0.5, 0.6) is 5.75 Å². The smallest absolute Gasteiger partial charge is 0.138 e. The molecule has 0 spiro atoms. The van der Waals surface area contributed by atoms with Gasteiger partial charge in [0.15, 0.2) is 0 Å². The van der Waals surface area contributed by atoms with E-state index in [1.54, 1.807) is 18.2 Å². The maximum Gasteiger partial charge on any atom is 0.138 e. The van der Waals surface area contributed by atoms with E-state index in [2.05, 4.69) is 5.32 Å². The molecule has 0 saturated carbocycles. The Morgan fingerprint density at radius 2 is 2.12 bits per heavy atom. The minimum atomic E-state index is -0.421. The third kappa shape index (κ3) is 5.56. The number of hydrogen-bond acceptors (Lipinski definition) is 4. The molecule has 17 heavy (non-hydrogen) atoms. The van der Waals surface area contributed by atoms with Gasteiger partial charge in [-0.1, -0.05) is 12.1 Å². The monoisotopic (exact) mass is 239 g/mol. The molecule has 1 aromatic carbocycles. The zero-order valence-electron chi connectivity index (χ0n) is 10.2. The number of ether oxygens (including phenoxy) is 1. The lowest BCUT2D eigenvalue weighted by molar-refractivity contribution is 0.119. The number of rotatable bonds is 8. The van der Waals surface area contributed by atoms with Crippen molar-refractivity contribution in [2.24, 2.45) is 0 Å². The number of aromatic hydroxyl groups is 1. The molecular formula is C13H21NO3. The fourth-order valence-electron chi connectivity index (χ4n) is 1.52. The summed E-state index contributed by atoms with van der Waals surface area (Å²) in [4.78, 5) is 0. The first-order valence-corrected chi connectivity index (χ1v) is 6.01. The fraction of sp³-hybridized carbons (Fsp3) is 0.538. The summed E-state index contributed by atoms with van der Waals surface area (Å²) in [6.07, 6.45) is 1.12. The molecule has 1 rings (SSSR count). The molecule has 0 radical (unpaired) electrons. The van der Waals surface area contributed by atoms with Gasteiger partial charge >= 0.3 is 0 Å². The van der Waals surface area contributed by atoms with Gasteiger partial charge in [-0.3, -0.25) is 0 Å². The van der Waals surface area contributed by atoms with Crippen LogP contribution in [0.15, 0.2) is 24.3 Å². The Kier molecular flexibility index (Phi) is 6.43. The molecule has 0 aromatic heterocycles. The van der Waals surface area contributed by atoms with Gasteiger partial charge < -0.3 is 20.3 Å². The summed E-state index contributed by atoms with van der Waals surface area (Å²) in [5, 5.41) is 22.2. The van der Waals surface area contributed by atoms with Crippen LogP contribution in [-0.2, 0) is 4.74 Å². The zero-order chi connectivity index (χ0) is 12.5. The summed E-state index contributed by atoms with van der Waals surface area (Å²) in [5.41, 5.74) is 0.649. The lowest BCUT2D eigenvalue weighted by Crippen LogP contribution is -2.19. The number of nitrogens with one attached hydrogen (secondary N) is 1. The molecule has 0 aliphatic rings. The summed E-state index contributed by atoms with van der Waals surface area (Å²) in [6.45, 7) is 3.79. The Labute approximate surface area is 102 Å². The molecule has 0 saturated heterocycles. The second-order valence-electron chi connectivity index (χ2n) is 3.89. The molecule has 4 heteroatoms. The van der Waals surface area contributed by atoms with Crippen LogP contribution in [0, 0.1) is 0 Å². The molecule has 96 valence electrons.